The summed E-state index contributed by atoms with van der Waals surface area (Å²) < 4.78 is 19.2. The lowest BCUT2D eigenvalue weighted by molar-refractivity contribution is 0.220. The van der Waals surface area contributed by atoms with Crippen LogP contribution in [0.3, 0.4) is 0 Å². The molecular formula is C20H27FIN3O2. The van der Waals surface area contributed by atoms with Crippen molar-refractivity contribution in [3.63, 3.8) is 0 Å². The predicted octanol–water partition coefficient (Wildman–Crippen LogP) is 3.71. The molecule has 0 bridgehead atoms. The van der Waals surface area contributed by atoms with Gasteiger partial charge in [0.25, 0.3) is 0 Å². The Morgan fingerprint density at radius 2 is 1.96 bits per heavy atom. The van der Waals surface area contributed by atoms with Gasteiger partial charge in [-0.2, -0.15) is 0 Å². The van der Waals surface area contributed by atoms with E-state index in [9.17, 15) is 9.50 Å². The van der Waals surface area contributed by atoms with E-state index in [1.54, 1.807) is 30.3 Å². The molecule has 0 spiro atoms. The van der Waals surface area contributed by atoms with Gasteiger partial charge in [-0.3, -0.25) is 0 Å². The van der Waals surface area contributed by atoms with Gasteiger partial charge < -0.3 is 20.5 Å². The molecule has 0 aliphatic heterocycles. The van der Waals surface area contributed by atoms with E-state index >= 15 is 0 Å². The van der Waals surface area contributed by atoms with E-state index in [1.165, 1.54) is 6.07 Å². The third-order valence-corrected chi connectivity index (χ3v) is 3.63. The minimum Gasteiger partial charge on any atom is -0.508 e. The van der Waals surface area contributed by atoms with Gasteiger partial charge in [0.2, 0.25) is 0 Å². The summed E-state index contributed by atoms with van der Waals surface area (Å²) in [5, 5.41) is 15.9. The molecule has 0 saturated heterocycles. The maximum atomic E-state index is 13.6. The lowest BCUT2D eigenvalue weighted by atomic mass is 10.1. The van der Waals surface area contributed by atoms with Crippen molar-refractivity contribution in [3.05, 3.63) is 59.9 Å². The fourth-order valence-corrected chi connectivity index (χ4v) is 2.39. The van der Waals surface area contributed by atoms with Crippen LogP contribution in [0.15, 0.2) is 53.5 Å². The van der Waals surface area contributed by atoms with Crippen molar-refractivity contribution in [3.8, 4) is 11.5 Å². The van der Waals surface area contributed by atoms with E-state index < -0.39 is 0 Å². The summed E-state index contributed by atoms with van der Waals surface area (Å²) in [5.41, 5.74) is 1.05. The first-order chi connectivity index (χ1) is 12.6. The molecule has 0 aliphatic rings. The minimum atomic E-state index is -0.375. The van der Waals surface area contributed by atoms with Gasteiger partial charge in [-0.15, -0.1) is 24.0 Å². The standard InChI is InChI=1S/C20H26FN3O2.HI/c1-3-22-20(23-12-11-16-7-6-8-17(25)13-16)24-14-15(2)26-19-10-5-4-9-18(19)21;/h4-10,13,15,25H,3,11-12,14H2,1-2H3,(H2,22,23,24);1H. The normalized spacial score (nSPS) is 12.0. The average molecular weight is 487 g/mol. The van der Waals surface area contributed by atoms with Gasteiger partial charge >= 0.3 is 0 Å². The highest BCUT2D eigenvalue weighted by Crippen LogP contribution is 2.17. The first kappa shape index (κ1) is 23.0. The Labute approximate surface area is 177 Å². The second-order valence-corrected chi connectivity index (χ2v) is 5.93. The number of hydrogen-bond donors (Lipinski definition) is 3. The molecule has 5 nitrogen and oxygen atoms in total. The third kappa shape index (κ3) is 8.47. The molecule has 27 heavy (non-hydrogen) atoms. The number of ether oxygens (including phenoxy) is 1. The molecule has 0 aliphatic carbocycles. The fourth-order valence-electron chi connectivity index (χ4n) is 2.39. The van der Waals surface area contributed by atoms with E-state index in [4.69, 9.17) is 4.74 Å². The SMILES string of the molecule is CCNC(=NCC(C)Oc1ccccc1F)NCCc1cccc(O)c1.I. The van der Waals surface area contributed by atoms with E-state index in [-0.39, 0.29) is 47.4 Å². The van der Waals surface area contributed by atoms with E-state index in [0.717, 1.165) is 18.5 Å². The predicted molar refractivity (Wildman–Crippen MR) is 118 cm³/mol. The summed E-state index contributed by atoms with van der Waals surface area (Å²) >= 11 is 0. The zero-order chi connectivity index (χ0) is 18.8. The second-order valence-electron chi connectivity index (χ2n) is 5.93. The molecule has 148 valence electrons. The molecule has 1 atom stereocenters. The summed E-state index contributed by atoms with van der Waals surface area (Å²) in [5.74, 6) is 0.801. The number of phenols is 1. The molecule has 1 unspecified atom stereocenters. The molecule has 0 saturated carbocycles. The number of nitrogens with one attached hydrogen (secondary N) is 2. The van der Waals surface area contributed by atoms with Gasteiger partial charge in [-0.1, -0.05) is 24.3 Å². The molecular weight excluding hydrogens is 460 g/mol. The molecule has 3 N–H and O–H groups in total. The molecule has 0 heterocycles. The van der Waals surface area contributed by atoms with Crippen molar-refractivity contribution in [2.75, 3.05) is 19.6 Å². The number of aliphatic imine (C=N–C) groups is 1. The monoisotopic (exact) mass is 487 g/mol. The van der Waals surface area contributed by atoms with Crippen LogP contribution in [0.1, 0.15) is 19.4 Å². The topological polar surface area (TPSA) is 65.9 Å². The van der Waals surface area contributed by atoms with Crippen LogP contribution in [0.25, 0.3) is 0 Å². The summed E-state index contributed by atoms with van der Waals surface area (Å²) in [4.78, 5) is 4.49. The number of nitrogens with zero attached hydrogens (tertiary/aromatic N) is 1. The number of benzene rings is 2. The first-order valence-corrected chi connectivity index (χ1v) is 8.79. The van der Waals surface area contributed by atoms with Crippen molar-refractivity contribution in [2.24, 2.45) is 4.99 Å². The first-order valence-electron chi connectivity index (χ1n) is 8.79. The number of phenolic OH excluding ortho intramolecular Hbond substituents is 1. The lowest BCUT2D eigenvalue weighted by Gasteiger charge is -2.15. The Morgan fingerprint density at radius 3 is 2.67 bits per heavy atom. The summed E-state index contributed by atoms with van der Waals surface area (Å²) in [7, 11) is 0. The lowest BCUT2D eigenvalue weighted by Crippen LogP contribution is -2.39. The molecule has 7 heteroatoms. The van der Waals surface area contributed by atoms with E-state index in [2.05, 4.69) is 15.6 Å². The molecule has 2 aromatic carbocycles. The van der Waals surface area contributed by atoms with Crippen LogP contribution >= 0.6 is 24.0 Å². The van der Waals surface area contributed by atoms with Crippen LogP contribution in [-0.2, 0) is 6.42 Å². The van der Waals surface area contributed by atoms with Crippen LogP contribution < -0.4 is 15.4 Å². The Morgan fingerprint density at radius 1 is 1.19 bits per heavy atom. The Bertz CT molecular complexity index is 728. The summed E-state index contributed by atoms with van der Waals surface area (Å²) in [6.45, 7) is 5.66. The Balaban J connectivity index is 0.00000364. The van der Waals surface area contributed by atoms with Crippen LogP contribution in [0.5, 0.6) is 11.5 Å². The summed E-state index contributed by atoms with van der Waals surface area (Å²) in [6, 6.07) is 13.5. The number of halogens is 2. The molecule has 0 fully saturated rings. The molecule has 2 rings (SSSR count). The van der Waals surface area contributed by atoms with Crippen molar-refractivity contribution in [1.29, 1.82) is 0 Å². The second kappa shape index (κ2) is 12.4. The highest BCUT2D eigenvalue weighted by molar-refractivity contribution is 14.0. The average Bonchev–Trinajstić information content (AvgIpc) is 2.62. The van der Waals surface area contributed by atoms with Gasteiger partial charge in [0.15, 0.2) is 17.5 Å². The molecule has 0 aromatic heterocycles. The number of guanidine groups is 1. The van der Waals surface area contributed by atoms with Crippen LogP contribution in [-0.4, -0.2) is 36.8 Å². The fraction of sp³-hybridized carbons (Fsp3) is 0.350. The van der Waals surface area contributed by atoms with Gasteiger partial charge in [-0.05, 0) is 50.1 Å². The van der Waals surface area contributed by atoms with Crippen molar-refractivity contribution in [2.45, 2.75) is 26.4 Å². The van der Waals surface area contributed by atoms with E-state index in [1.807, 2.05) is 26.0 Å². The zero-order valence-electron chi connectivity index (χ0n) is 15.6. The quantitative estimate of drug-likeness (QED) is 0.302. The molecule has 2 aromatic rings. The zero-order valence-corrected chi connectivity index (χ0v) is 17.9. The third-order valence-electron chi connectivity index (χ3n) is 3.63. The van der Waals surface area contributed by atoms with Crippen LogP contribution in [0.4, 0.5) is 4.39 Å². The van der Waals surface area contributed by atoms with Gasteiger partial charge in [0.05, 0.1) is 6.54 Å². The van der Waals surface area contributed by atoms with Crippen LogP contribution in [0.2, 0.25) is 0 Å². The number of aromatic hydroxyl groups is 1. The smallest absolute Gasteiger partial charge is 0.191 e. The maximum Gasteiger partial charge on any atom is 0.191 e. The number of rotatable bonds is 8. The van der Waals surface area contributed by atoms with Crippen molar-refractivity contribution >= 4 is 29.9 Å². The Hall–Kier alpha value is -2.03. The van der Waals surface area contributed by atoms with E-state index in [0.29, 0.717) is 19.0 Å². The highest BCUT2D eigenvalue weighted by Gasteiger charge is 2.08. The summed E-state index contributed by atoms with van der Waals surface area (Å²) in [6.07, 6.45) is 0.508. The highest BCUT2D eigenvalue weighted by atomic mass is 127. The maximum absolute atomic E-state index is 13.6. The molecule has 0 amide bonds. The van der Waals surface area contributed by atoms with Crippen molar-refractivity contribution < 1.29 is 14.2 Å². The Kier molecular flexibility index (Phi) is 10.5. The van der Waals surface area contributed by atoms with Gasteiger partial charge in [0.1, 0.15) is 11.9 Å². The molecule has 0 radical (unpaired) electrons. The van der Waals surface area contributed by atoms with Crippen LogP contribution in [0, 0.1) is 5.82 Å². The van der Waals surface area contributed by atoms with Crippen molar-refractivity contribution in [1.82, 2.24) is 10.6 Å². The largest absolute Gasteiger partial charge is 0.508 e. The van der Waals surface area contributed by atoms with Gasteiger partial charge in [0, 0.05) is 13.1 Å². The van der Waals surface area contributed by atoms with Gasteiger partial charge in [-0.25, -0.2) is 9.38 Å². The number of hydrogen-bond acceptors (Lipinski definition) is 3. The number of para-hydroxylation sites is 1. The minimum absolute atomic E-state index is 0.